The maximum atomic E-state index is 14.0. The molecule has 6 rings (SSSR count). The van der Waals surface area contributed by atoms with Crippen LogP contribution in [0.3, 0.4) is 0 Å². The van der Waals surface area contributed by atoms with E-state index in [-0.39, 0.29) is 17.7 Å². The van der Waals surface area contributed by atoms with Gasteiger partial charge in [0, 0.05) is 62.9 Å². The maximum absolute atomic E-state index is 14.0. The summed E-state index contributed by atoms with van der Waals surface area (Å²) in [5.41, 5.74) is 4.81. The molecule has 3 aromatic rings. The number of anilines is 1. The molecule has 3 aliphatic heterocycles. The van der Waals surface area contributed by atoms with Crippen LogP contribution >= 0.6 is 11.6 Å². The molecule has 10 heteroatoms. The number of nitrogens with one attached hydrogen (secondary N) is 2. The van der Waals surface area contributed by atoms with Gasteiger partial charge in [-0.25, -0.2) is 0 Å². The van der Waals surface area contributed by atoms with Gasteiger partial charge in [-0.1, -0.05) is 60.1 Å². The fourth-order valence-corrected chi connectivity index (χ4v) is 6.35. The fraction of sp³-hybridized carbons (Fsp3) is 0.382. The Morgan fingerprint density at radius 3 is 2.27 bits per heavy atom. The van der Waals surface area contributed by atoms with Crippen molar-refractivity contribution in [3.8, 4) is 0 Å². The lowest BCUT2D eigenvalue weighted by atomic mass is 9.95. The second-order valence-corrected chi connectivity index (χ2v) is 12.0. The van der Waals surface area contributed by atoms with Gasteiger partial charge in [-0.05, 0) is 47.4 Å². The van der Waals surface area contributed by atoms with Crippen molar-refractivity contribution in [2.75, 3.05) is 57.4 Å². The molecule has 3 amide bonds. The number of ether oxygens (including phenoxy) is 1. The first-order valence-electron chi connectivity index (χ1n) is 15.3. The zero-order valence-electron chi connectivity index (χ0n) is 24.7. The van der Waals surface area contributed by atoms with Gasteiger partial charge >= 0.3 is 0 Å². The van der Waals surface area contributed by atoms with E-state index in [0.717, 1.165) is 16.8 Å². The molecule has 230 valence electrons. The van der Waals surface area contributed by atoms with E-state index in [9.17, 15) is 14.4 Å². The molecule has 0 spiro atoms. The topological polar surface area (TPSA) is 94.2 Å². The van der Waals surface area contributed by atoms with Gasteiger partial charge in [0.05, 0.1) is 24.8 Å². The van der Waals surface area contributed by atoms with Crippen molar-refractivity contribution < 1.29 is 19.1 Å². The molecule has 0 aliphatic carbocycles. The van der Waals surface area contributed by atoms with E-state index < -0.39 is 12.1 Å². The van der Waals surface area contributed by atoms with Crippen LogP contribution in [0.4, 0.5) is 5.69 Å². The van der Waals surface area contributed by atoms with E-state index in [4.69, 9.17) is 16.3 Å². The summed E-state index contributed by atoms with van der Waals surface area (Å²) >= 11 is 6.11. The third-order valence-corrected chi connectivity index (χ3v) is 8.98. The van der Waals surface area contributed by atoms with Gasteiger partial charge in [-0.3, -0.25) is 14.4 Å². The molecule has 3 aliphatic rings. The lowest BCUT2D eigenvalue weighted by molar-refractivity contribution is -0.137. The summed E-state index contributed by atoms with van der Waals surface area (Å²) in [6.45, 7) is 5.02. The Morgan fingerprint density at radius 2 is 1.52 bits per heavy atom. The highest BCUT2D eigenvalue weighted by Gasteiger charge is 2.33. The zero-order valence-corrected chi connectivity index (χ0v) is 25.5. The van der Waals surface area contributed by atoms with Crippen molar-refractivity contribution in [3.05, 3.63) is 100 Å². The van der Waals surface area contributed by atoms with E-state index in [1.807, 2.05) is 58.3 Å². The molecule has 3 aromatic carbocycles. The molecular formula is C34H38ClN5O4. The summed E-state index contributed by atoms with van der Waals surface area (Å²) in [6.07, 6.45) is 0.938. The van der Waals surface area contributed by atoms with Crippen molar-refractivity contribution in [3.63, 3.8) is 0 Å². The number of benzene rings is 3. The molecule has 0 unspecified atom stereocenters. The normalized spacial score (nSPS) is 19.2. The summed E-state index contributed by atoms with van der Waals surface area (Å²) in [4.78, 5) is 46.7. The number of hydrogen-bond acceptors (Lipinski definition) is 6. The van der Waals surface area contributed by atoms with Crippen molar-refractivity contribution in [1.82, 2.24) is 20.4 Å². The van der Waals surface area contributed by atoms with E-state index in [1.54, 1.807) is 12.1 Å². The Kier molecular flexibility index (Phi) is 9.45. The van der Waals surface area contributed by atoms with E-state index in [1.165, 1.54) is 5.56 Å². The van der Waals surface area contributed by atoms with Crippen molar-refractivity contribution >= 4 is 35.0 Å². The van der Waals surface area contributed by atoms with E-state index in [0.29, 0.717) is 82.5 Å². The van der Waals surface area contributed by atoms with Crippen molar-refractivity contribution in [2.24, 2.45) is 0 Å². The number of fused-ring (bicyclic) bond motifs is 1. The summed E-state index contributed by atoms with van der Waals surface area (Å²) in [7, 11) is 0. The largest absolute Gasteiger partial charge is 0.378 e. The molecule has 44 heavy (non-hydrogen) atoms. The highest BCUT2D eigenvalue weighted by molar-refractivity contribution is 6.30. The standard InChI is InChI=1S/C34H38ClN5O4/c35-27-11-9-24(10-12-27)21-30(37-32(41)29-22-25-5-1-2-6-26(25)23-36-29)34(43)39-15-13-38(14-16-39)31-8-4-3-7-28(31)33(42)40-17-19-44-20-18-40/h1-12,29-30,36H,13-23H2,(H,37,41)/t29-,30+/m0/s1. The SMILES string of the molecule is O=C(N[C@H](Cc1ccc(Cl)cc1)C(=O)N1CCN(c2ccccc2C(=O)N2CCOCC2)CC1)[C@@H]1Cc2ccccc2CN1. The monoisotopic (exact) mass is 615 g/mol. The average Bonchev–Trinajstić information content (AvgIpc) is 3.08. The predicted molar refractivity (Wildman–Crippen MR) is 170 cm³/mol. The maximum Gasteiger partial charge on any atom is 0.256 e. The quantitative estimate of drug-likeness (QED) is 0.425. The van der Waals surface area contributed by atoms with Gasteiger partial charge < -0.3 is 30.1 Å². The number of carbonyl (C=O) groups is 3. The van der Waals surface area contributed by atoms with Crippen LogP contribution in [-0.2, 0) is 33.7 Å². The summed E-state index contributed by atoms with van der Waals surface area (Å²) in [5.74, 6) is -0.282. The van der Waals surface area contributed by atoms with Crippen molar-refractivity contribution in [1.29, 1.82) is 0 Å². The number of para-hydroxylation sites is 1. The van der Waals surface area contributed by atoms with Gasteiger partial charge in [0.2, 0.25) is 11.8 Å². The molecule has 0 saturated carbocycles. The van der Waals surface area contributed by atoms with Crippen LogP contribution in [0.15, 0.2) is 72.8 Å². The Bertz CT molecular complexity index is 1480. The second kappa shape index (κ2) is 13.8. The van der Waals surface area contributed by atoms with Crippen LogP contribution in [0.2, 0.25) is 5.02 Å². The van der Waals surface area contributed by atoms with Crippen LogP contribution in [-0.4, -0.2) is 92.1 Å². The molecule has 2 saturated heterocycles. The highest BCUT2D eigenvalue weighted by atomic mass is 35.5. The average molecular weight is 616 g/mol. The van der Waals surface area contributed by atoms with Crippen LogP contribution < -0.4 is 15.5 Å². The van der Waals surface area contributed by atoms with Crippen LogP contribution in [0.5, 0.6) is 0 Å². The number of rotatable bonds is 7. The van der Waals surface area contributed by atoms with E-state index >= 15 is 0 Å². The van der Waals surface area contributed by atoms with Crippen LogP contribution in [0.1, 0.15) is 27.0 Å². The second-order valence-electron chi connectivity index (χ2n) is 11.5. The molecule has 2 fully saturated rings. The predicted octanol–water partition coefficient (Wildman–Crippen LogP) is 2.90. The van der Waals surface area contributed by atoms with Gasteiger partial charge in [-0.2, -0.15) is 0 Å². The lowest BCUT2D eigenvalue weighted by Gasteiger charge is -2.39. The number of nitrogens with zero attached hydrogens (tertiary/aromatic N) is 3. The molecule has 0 bridgehead atoms. The minimum absolute atomic E-state index is 0.00657. The third kappa shape index (κ3) is 6.90. The Balaban J connectivity index is 1.13. The smallest absolute Gasteiger partial charge is 0.256 e. The summed E-state index contributed by atoms with van der Waals surface area (Å²) < 4.78 is 5.42. The van der Waals surface area contributed by atoms with Gasteiger partial charge in [0.15, 0.2) is 0 Å². The first-order valence-corrected chi connectivity index (χ1v) is 15.7. The van der Waals surface area contributed by atoms with Gasteiger partial charge in [0.1, 0.15) is 6.04 Å². The molecule has 3 heterocycles. The number of carbonyl (C=O) groups excluding carboxylic acids is 3. The molecular weight excluding hydrogens is 578 g/mol. The number of hydrogen-bond donors (Lipinski definition) is 2. The molecule has 0 radical (unpaired) electrons. The van der Waals surface area contributed by atoms with Crippen LogP contribution in [0.25, 0.3) is 0 Å². The Hall–Kier alpha value is -3.92. The zero-order chi connectivity index (χ0) is 30.5. The summed E-state index contributed by atoms with van der Waals surface area (Å²) in [6, 6.07) is 22.1. The minimum atomic E-state index is -0.718. The molecule has 0 aromatic heterocycles. The Morgan fingerprint density at radius 1 is 0.841 bits per heavy atom. The first-order chi connectivity index (χ1) is 21.5. The number of amides is 3. The third-order valence-electron chi connectivity index (χ3n) is 8.73. The number of halogens is 1. The van der Waals surface area contributed by atoms with Crippen molar-refractivity contribution in [2.45, 2.75) is 31.5 Å². The number of piperazine rings is 1. The molecule has 2 N–H and O–H groups in total. The first kappa shape index (κ1) is 30.1. The lowest BCUT2D eigenvalue weighted by Crippen LogP contribution is -2.58. The number of morpholine rings is 1. The fourth-order valence-electron chi connectivity index (χ4n) is 6.22. The highest BCUT2D eigenvalue weighted by Crippen LogP contribution is 2.25. The minimum Gasteiger partial charge on any atom is -0.378 e. The van der Waals surface area contributed by atoms with Crippen LogP contribution in [0, 0.1) is 0 Å². The van der Waals surface area contributed by atoms with Gasteiger partial charge in [-0.15, -0.1) is 0 Å². The molecule has 2 atom stereocenters. The van der Waals surface area contributed by atoms with E-state index in [2.05, 4.69) is 27.7 Å². The Labute approximate surface area is 263 Å². The summed E-state index contributed by atoms with van der Waals surface area (Å²) in [5, 5.41) is 7.03. The molecule has 9 nitrogen and oxygen atoms in total. The van der Waals surface area contributed by atoms with Gasteiger partial charge in [0.25, 0.3) is 5.91 Å².